The topological polar surface area (TPSA) is 29.3 Å². The number of benzene rings is 1. The summed E-state index contributed by atoms with van der Waals surface area (Å²) >= 11 is 0. The Hall–Kier alpha value is -1.80. The zero-order valence-corrected chi connectivity index (χ0v) is 10.4. The van der Waals surface area contributed by atoms with E-state index in [4.69, 9.17) is 5.84 Å². The van der Waals surface area contributed by atoms with E-state index in [2.05, 4.69) is 38.6 Å². The Morgan fingerprint density at radius 2 is 1.88 bits per heavy atom. The fourth-order valence-electron chi connectivity index (χ4n) is 2.16. The summed E-state index contributed by atoms with van der Waals surface area (Å²) in [4.78, 5) is 0. The van der Waals surface area contributed by atoms with Gasteiger partial charge in [0.05, 0.1) is 11.4 Å². The average molecular weight is 226 g/mol. The zero-order chi connectivity index (χ0) is 12.4. The van der Waals surface area contributed by atoms with E-state index in [9.17, 15) is 0 Å². The Morgan fingerprint density at radius 1 is 1.24 bits per heavy atom. The van der Waals surface area contributed by atoms with Crippen molar-refractivity contribution in [2.45, 2.75) is 20.3 Å². The quantitative estimate of drug-likeness (QED) is 0.782. The smallest absolute Gasteiger partial charge is 0.0676 e. The summed E-state index contributed by atoms with van der Waals surface area (Å²) in [5, 5.41) is 1.70. The van der Waals surface area contributed by atoms with Crippen molar-refractivity contribution in [3.8, 4) is 0 Å². The van der Waals surface area contributed by atoms with Crippen molar-refractivity contribution in [1.29, 1.82) is 0 Å². The molecule has 0 spiro atoms. The largest absolute Gasteiger partial charge is 0.279 e. The Labute approximate surface area is 103 Å². The number of allylic oxidation sites excluding steroid dienone is 3. The molecular formula is C15H18N2. The minimum atomic E-state index is 0.886. The molecule has 1 aromatic carbocycles. The van der Waals surface area contributed by atoms with Gasteiger partial charge in [-0.2, -0.15) is 0 Å². The maximum atomic E-state index is 6.15. The highest BCUT2D eigenvalue weighted by atomic mass is 15.4. The van der Waals surface area contributed by atoms with Crippen LogP contribution in [0, 0.1) is 0 Å². The number of nitrogens with zero attached hydrogens (tertiary/aromatic N) is 1. The molecule has 0 unspecified atom stereocenters. The molecule has 0 amide bonds. The lowest BCUT2D eigenvalue weighted by Gasteiger charge is -2.31. The molecule has 1 aliphatic heterocycles. The van der Waals surface area contributed by atoms with Crippen molar-refractivity contribution >= 4 is 5.70 Å². The lowest BCUT2D eigenvalue weighted by atomic mass is 9.97. The van der Waals surface area contributed by atoms with Gasteiger partial charge in [-0.25, -0.2) is 5.84 Å². The van der Waals surface area contributed by atoms with Gasteiger partial charge in [-0.15, -0.1) is 0 Å². The predicted molar refractivity (Wildman–Crippen MR) is 72.6 cm³/mol. The monoisotopic (exact) mass is 226 g/mol. The van der Waals surface area contributed by atoms with Crippen molar-refractivity contribution in [1.82, 2.24) is 5.01 Å². The fraction of sp³-hybridized carbons (Fsp3) is 0.200. The third kappa shape index (κ3) is 2.04. The van der Waals surface area contributed by atoms with Crippen LogP contribution in [0.4, 0.5) is 0 Å². The molecule has 2 nitrogen and oxygen atoms in total. The van der Waals surface area contributed by atoms with Gasteiger partial charge < -0.3 is 0 Å². The standard InChI is InChI=1S/C15H18N2/c1-4-13-10-11(2)15(17(16)12(13)3)14-8-6-5-7-9-14/h5-10H,3-4,16H2,1-2H3. The van der Waals surface area contributed by atoms with Crippen molar-refractivity contribution in [2.75, 3.05) is 0 Å². The second-order valence-electron chi connectivity index (χ2n) is 4.24. The lowest BCUT2D eigenvalue weighted by Crippen LogP contribution is -2.31. The van der Waals surface area contributed by atoms with E-state index >= 15 is 0 Å². The molecule has 0 saturated heterocycles. The highest BCUT2D eigenvalue weighted by molar-refractivity contribution is 5.73. The second-order valence-corrected chi connectivity index (χ2v) is 4.24. The number of hydrogen-bond donors (Lipinski definition) is 1. The normalized spacial score (nSPS) is 16.3. The van der Waals surface area contributed by atoms with E-state index in [1.807, 2.05) is 18.2 Å². The summed E-state index contributed by atoms with van der Waals surface area (Å²) in [7, 11) is 0. The molecule has 2 heteroatoms. The van der Waals surface area contributed by atoms with Crippen LogP contribution >= 0.6 is 0 Å². The van der Waals surface area contributed by atoms with Gasteiger partial charge in [-0.05, 0) is 30.1 Å². The van der Waals surface area contributed by atoms with Crippen LogP contribution < -0.4 is 5.84 Å². The molecule has 2 N–H and O–H groups in total. The first-order valence-corrected chi connectivity index (χ1v) is 5.86. The lowest BCUT2D eigenvalue weighted by molar-refractivity contribution is 0.516. The van der Waals surface area contributed by atoms with Crippen molar-refractivity contribution in [2.24, 2.45) is 5.84 Å². The van der Waals surface area contributed by atoms with Gasteiger partial charge in [-0.3, -0.25) is 5.01 Å². The van der Waals surface area contributed by atoms with Gasteiger partial charge in [-0.1, -0.05) is 49.9 Å². The Morgan fingerprint density at radius 3 is 2.47 bits per heavy atom. The van der Waals surface area contributed by atoms with E-state index in [-0.39, 0.29) is 0 Å². The molecule has 17 heavy (non-hydrogen) atoms. The summed E-state index contributed by atoms with van der Waals surface area (Å²) < 4.78 is 0. The molecule has 0 aliphatic carbocycles. The van der Waals surface area contributed by atoms with E-state index in [0.29, 0.717) is 0 Å². The van der Waals surface area contributed by atoms with E-state index in [0.717, 1.165) is 23.4 Å². The minimum absolute atomic E-state index is 0.886. The molecule has 2 rings (SSSR count). The van der Waals surface area contributed by atoms with Crippen LogP contribution in [0.2, 0.25) is 0 Å². The van der Waals surface area contributed by atoms with Crippen molar-refractivity contribution in [3.05, 3.63) is 65.4 Å². The van der Waals surface area contributed by atoms with Gasteiger partial charge in [0.1, 0.15) is 0 Å². The minimum Gasteiger partial charge on any atom is -0.279 e. The highest BCUT2D eigenvalue weighted by Gasteiger charge is 2.20. The molecule has 88 valence electrons. The molecule has 0 aromatic heterocycles. The fourth-order valence-corrected chi connectivity index (χ4v) is 2.16. The van der Waals surface area contributed by atoms with Gasteiger partial charge in [0.15, 0.2) is 0 Å². The summed E-state index contributed by atoms with van der Waals surface area (Å²) in [5.41, 5.74) is 5.43. The van der Waals surface area contributed by atoms with Crippen LogP contribution in [0.25, 0.3) is 5.70 Å². The molecule has 0 bridgehead atoms. The number of hydrazine groups is 1. The summed E-state index contributed by atoms with van der Waals surface area (Å²) in [6.07, 6.45) is 3.12. The van der Waals surface area contributed by atoms with Gasteiger partial charge in [0.2, 0.25) is 0 Å². The zero-order valence-electron chi connectivity index (χ0n) is 10.4. The number of rotatable bonds is 2. The van der Waals surface area contributed by atoms with Crippen LogP contribution in [0.1, 0.15) is 25.8 Å². The van der Waals surface area contributed by atoms with Crippen molar-refractivity contribution < 1.29 is 0 Å². The third-order valence-electron chi connectivity index (χ3n) is 3.09. The summed E-state index contributed by atoms with van der Waals surface area (Å²) in [6, 6.07) is 10.2. The molecule has 0 saturated carbocycles. The molecule has 0 atom stereocenters. The maximum absolute atomic E-state index is 6.15. The van der Waals surface area contributed by atoms with E-state index in [1.165, 1.54) is 11.1 Å². The van der Waals surface area contributed by atoms with Crippen LogP contribution in [-0.4, -0.2) is 5.01 Å². The van der Waals surface area contributed by atoms with Gasteiger partial charge >= 0.3 is 0 Å². The Bertz CT molecular complexity index is 495. The second kappa shape index (κ2) is 4.60. The Balaban J connectivity index is 2.53. The molecule has 0 radical (unpaired) electrons. The molecular weight excluding hydrogens is 208 g/mol. The molecule has 1 aromatic rings. The van der Waals surface area contributed by atoms with Gasteiger partial charge in [0, 0.05) is 0 Å². The van der Waals surface area contributed by atoms with Crippen LogP contribution in [0.15, 0.2) is 59.8 Å². The third-order valence-corrected chi connectivity index (χ3v) is 3.09. The summed E-state index contributed by atoms with van der Waals surface area (Å²) in [5.74, 6) is 6.15. The van der Waals surface area contributed by atoms with Crippen LogP contribution in [-0.2, 0) is 0 Å². The first-order chi connectivity index (χ1) is 8.15. The van der Waals surface area contributed by atoms with Gasteiger partial charge in [0.25, 0.3) is 0 Å². The summed E-state index contributed by atoms with van der Waals surface area (Å²) in [6.45, 7) is 8.26. The Kier molecular flexibility index (Phi) is 3.16. The van der Waals surface area contributed by atoms with Crippen LogP contribution in [0.3, 0.4) is 0 Å². The highest BCUT2D eigenvalue weighted by Crippen LogP contribution is 2.32. The first-order valence-electron chi connectivity index (χ1n) is 5.86. The molecule has 1 heterocycles. The van der Waals surface area contributed by atoms with E-state index < -0.39 is 0 Å². The van der Waals surface area contributed by atoms with Crippen LogP contribution in [0.5, 0.6) is 0 Å². The SMILES string of the molecule is C=C1C(CC)=CC(C)=C(c2ccccc2)N1N. The molecule has 0 fully saturated rings. The number of nitrogens with two attached hydrogens (primary N) is 1. The number of hydrogen-bond acceptors (Lipinski definition) is 2. The predicted octanol–water partition coefficient (Wildman–Crippen LogP) is 3.46. The average Bonchev–Trinajstić information content (AvgIpc) is 2.35. The molecule has 1 aliphatic rings. The first kappa shape index (κ1) is 11.7. The maximum Gasteiger partial charge on any atom is 0.0676 e. The van der Waals surface area contributed by atoms with E-state index in [1.54, 1.807) is 5.01 Å². The van der Waals surface area contributed by atoms with Crippen molar-refractivity contribution in [3.63, 3.8) is 0 Å².